The van der Waals surface area contributed by atoms with Gasteiger partial charge in [0.2, 0.25) is 0 Å². The van der Waals surface area contributed by atoms with Crippen LogP contribution in [0.3, 0.4) is 0 Å². The fourth-order valence-corrected chi connectivity index (χ4v) is 1.62. The van der Waals surface area contributed by atoms with Crippen LogP contribution in [-0.4, -0.2) is 22.5 Å². The van der Waals surface area contributed by atoms with E-state index in [2.05, 4.69) is 12.0 Å². The second kappa shape index (κ2) is 5.28. The molecule has 0 aliphatic heterocycles. The lowest BCUT2D eigenvalue weighted by molar-refractivity contribution is 0.0706. The Morgan fingerprint density at radius 3 is 2.53 bits per heavy atom. The first-order valence-electron chi connectivity index (χ1n) is 5.40. The van der Waals surface area contributed by atoms with Crippen molar-refractivity contribution in [3.63, 3.8) is 0 Å². The summed E-state index contributed by atoms with van der Waals surface area (Å²) in [5, 5.41) is 4.43. The molecule has 0 bridgehead atoms. The summed E-state index contributed by atoms with van der Waals surface area (Å²) >= 11 is 0. The summed E-state index contributed by atoms with van der Waals surface area (Å²) in [4.78, 5) is 0. The smallest absolute Gasteiger partial charge is 0.0666 e. The van der Waals surface area contributed by atoms with Gasteiger partial charge in [-0.05, 0) is 27.7 Å². The summed E-state index contributed by atoms with van der Waals surface area (Å²) in [6.45, 7) is 10.2. The summed E-state index contributed by atoms with van der Waals surface area (Å²) in [7, 11) is 0. The second-order valence-corrected chi connectivity index (χ2v) is 4.00. The lowest BCUT2D eigenvalue weighted by Gasteiger charge is -2.08. The largest absolute Gasteiger partial charge is 0.377 e. The standard InChI is InChI=1S/C11H21N3O/c1-8(2)15-6-5-14-10(4)11(7-12)9(3)13-14/h8H,5-7,12H2,1-4H3. The Morgan fingerprint density at radius 2 is 2.07 bits per heavy atom. The van der Waals surface area contributed by atoms with E-state index in [4.69, 9.17) is 10.5 Å². The highest BCUT2D eigenvalue weighted by Gasteiger charge is 2.09. The summed E-state index contributed by atoms with van der Waals surface area (Å²) in [6.07, 6.45) is 0.274. The monoisotopic (exact) mass is 211 g/mol. The number of hydrogen-bond acceptors (Lipinski definition) is 3. The molecule has 1 aromatic heterocycles. The Labute approximate surface area is 91.4 Å². The molecule has 4 nitrogen and oxygen atoms in total. The topological polar surface area (TPSA) is 53.1 Å². The third-order valence-corrected chi connectivity index (χ3v) is 2.49. The highest BCUT2D eigenvalue weighted by Crippen LogP contribution is 2.11. The third kappa shape index (κ3) is 3.04. The molecule has 2 N–H and O–H groups in total. The fourth-order valence-electron chi connectivity index (χ4n) is 1.62. The van der Waals surface area contributed by atoms with Gasteiger partial charge in [-0.2, -0.15) is 5.10 Å². The molecular weight excluding hydrogens is 190 g/mol. The van der Waals surface area contributed by atoms with Gasteiger partial charge in [0, 0.05) is 17.8 Å². The molecule has 86 valence electrons. The van der Waals surface area contributed by atoms with Gasteiger partial charge >= 0.3 is 0 Å². The third-order valence-electron chi connectivity index (χ3n) is 2.49. The minimum absolute atomic E-state index is 0.274. The van der Waals surface area contributed by atoms with Crippen molar-refractivity contribution in [3.05, 3.63) is 17.0 Å². The van der Waals surface area contributed by atoms with Crippen LogP contribution in [0.1, 0.15) is 30.8 Å². The number of aryl methyl sites for hydroxylation is 1. The van der Waals surface area contributed by atoms with E-state index in [1.54, 1.807) is 0 Å². The van der Waals surface area contributed by atoms with Crippen molar-refractivity contribution in [1.29, 1.82) is 0 Å². The average Bonchev–Trinajstić information content (AvgIpc) is 2.41. The first kappa shape index (κ1) is 12.2. The Balaban J connectivity index is 2.62. The van der Waals surface area contributed by atoms with Crippen molar-refractivity contribution in [2.75, 3.05) is 6.61 Å². The molecule has 0 fully saturated rings. The maximum Gasteiger partial charge on any atom is 0.0666 e. The van der Waals surface area contributed by atoms with Crippen LogP contribution in [0.15, 0.2) is 0 Å². The first-order chi connectivity index (χ1) is 7.06. The summed E-state index contributed by atoms with van der Waals surface area (Å²) < 4.78 is 7.46. The van der Waals surface area contributed by atoms with Gasteiger partial charge < -0.3 is 10.5 Å². The number of nitrogens with two attached hydrogens (primary N) is 1. The number of hydrogen-bond donors (Lipinski definition) is 1. The predicted molar refractivity (Wildman–Crippen MR) is 60.7 cm³/mol. The van der Waals surface area contributed by atoms with Gasteiger partial charge in [-0.1, -0.05) is 0 Å². The molecule has 1 aromatic rings. The van der Waals surface area contributed by atoms with E-state index in [0.29, 0.717) is 13.2 Å². The SMILES string of the molecule is Cc1nn(CCOC(C)C)c(C)c1CN. The molecule has 0 amide bonds. The molecule has 0 saturated carbocycles. The molecule has 0 radical (unpaired) electrons. The number of aromatic nitrogens is 2. The molecule has 4 heteroatoms. The van der Waals surface area contributed by atoms with Crippen LogP contribution < -0.4 is 5.73 Å². The van der Waals surface area contributed by atoms with E-state index in [9.17, 15) is 0 Å². The van der Waals surface area contributed by atoms with Gasteiger partial charge in [0.05, 0.1) is 24.9 Å². The number of nitrogens with zero attached hydrogens (tertiary/aromatic N) is 2. The van der Waals surface area contributed by atoms with Crippen LogP contribution in [0.4, 0.5) is 0 Å². The molecule has 0 unspecified atom stereocenters. The van der Waals surface area contributed by atoms with Gasteiger partial charge in [0.1, 0.15) is 0 Å². The predicted octanol–water partition coefficient (Wildman–Crippen LogP) is 1.38. The summed E-state index contributed by atoms with van der Waals surface area (Å²) in [6, 6.07) is 0. The van der Waals surface area contributed by atoms with Gasteiger partial charge in [0.15, 0.2) is 0 Å². The molecule has 1 heterocycles. The van der Waals surface area contributed by atoms with Crippen LogP contribution in [0.25, 0.3) is 0 Å². The van der Waals surface area contributed by atoms with E-state index in [-0.39, 0.29) is 6.10 Å². The number of rotatable bonds is 5. The Morgan fingerprint density at radius 1 is 1.40 bits per heavy atom. The van der Waals surface area contributed by atoms with Crippen molar-refractivity contribution >= 4 is 0 Å². The highest BCUT2D eigenvalue weighted by atomic mass is 16.5. The van der Waals surface area contributed by atoms with Gasteiger partial charge in [-0.3, -0.25) is 4.68 Å². The molecule has 0 aliphatic rings. The van der Waals surface area contributed by atoms with Gasteiger partial charge in [-0.15, -0.1) is 0 Å². The lowest BCUT2D eigenvalue weighted by atomic mass is 10.2. The zero-order valence-corrected chi connectivity index (χ0v) is 10.1. The average molecular weight is 211 g/mol. The molecule has 0 atom stereocenters. The molecule has 1 rings (SSSR count). The Hall–Kier alpha value is -0.870. The minimum Gasteiger partial charge on any atom is -0.377 e. The van der Waals surface area contributed by atoms with E-state index < -0.39 is 0 Å². The van der Waals surface area contributed by atoms with E-state index >= 15 is 0 Å². The van der Waals surface area contributed by atoms with Crippen molar-refractivity contribution in [2.45, 2.75) is 46.9 Å². The van der Waals surface area contributed by atoms with Crippen molar-refractivity contribution in [3.8, 4) is 0 Å². The van der Waals surface area contributed by atoms with Crippen LogP contribution in [-0.2, 0) is 17.8 Å². The zero-order chi connectivity index (χ0) is 11.4. The summed E-state index contributed by atoms with van der Waals surface area (Å²) in [5.41, 5.74) is 8.99. The highest BCUT2D eigenvalue weighted by molar-refractivity contribution is 5.23. The van der Waals surface area contributed by atoms with Gasteiger partial charge in [0.25, 0.3) is 0 Å². The molecule has 15 heavy (non-hydrogen) atoms. The normalized spacial score (nSPS) is 11.3. The minimum atomic E-state index is 0.274. The van der Waals surface area contributed by atoms with Crippen LogP contribution in [0.2, 0.25) is 0 Å². The molecular formula is C11H21N3O. The number of ether oxygens (including phenoxy) is 1. The van der Waals surface area contributed by atoms with Crippen LogP contribution in [0, 0.1) is 13.8 Å². The quantitative estimate of drug-likeness (QED) is 0.800. The van der Waals surface area contributed by atoms with E-state index in [1.165, 1.54) is 0 Å². The van der Waals surface area contributed by atoms with Crippen LogP contribution >= 0.6 is 0 Å². The summed E-state index contributed by atoms with van der Waals surface area (Å²) in [5.74, 6) is 0. The fraction of sp³-hybridized carbons (Fsp3) is 0.727. The molecule has 0 saturated heterocycles. The maximum atomic E-state index is 5.66. The van der Waals surface area contributed by atoms with E-state index in [1.807, 2.05) is 25.5 Å². The zero-order valence-electron chi connectivity index (χ0n) is 10.1. The molecule has 0 spiro atoms. The maximum absolute atomic E-state index is 5.66. The van der Waals surface area contributed by atoms with Crippen LogP contribution in [0.5, 0.6) is 0 Å². The lowest BCUT2D eigenvalue weighted by Crippen LogP contribution is -2.12. The molecule has 0 aromatic carbocycles. The Kier molecular flexibility index (Phi) is 4.29. The Bertz CT molecular complexity index is 318. The van der Waals surface area contributed by atoms with Crippen molar-refractivity contribution < 1.29 is 4.74 Å². The van der Waals surface area contributed by atoms with Crippen molar-refractivity contribution in [1.82, 2.24) is 9.78 Å². The van der Waals surface area contributed by atoms with E-state index in [0.717, 1.165) is 23.5 Å². The first-order valence-corrected chi connectivity index (χ1v) is 5.40. The second-order valence-electron chi connectivity index (χ2n) is 4.00. The van der Waals surface area contributed by atoms with Crippen molar-refractivity contribution in [2.24, 2.45) is 5.73 Å². The molecule has 0 aliphatic carbocycles. The van der Waals surface area contributed by atoms with Gasteiger partial charge in [-0.25, -0.2) is 0 Å².